The normalized spacial score (nSPS) is 12.7. The van der Waals surface area contributed by atoms with E-state index in [1.165, 1.54) is 64.6 Å². The van der Waals surface area contributed by atoms with Gasteiger partial charge in [0, 0.05) is 45.6 Å². The molecule has 0 spiro atoms. The van der Waals surface area contributed by atoms with E-state index >= 15 is 0 Å². The number of hydrogen-bond donors (Lipinski definition) is 4. The van der Waals surface area contributed by atoms with Crippen LogP contribution in [0.5, 0.6) is 0 Å². The van der Waals surface area contributed by atoms with E-state index in [4.69, 9.17) is 30.4 Å². The first-order valence-corrected chi connectivity index (χ1v) is 34.4. The fourth-order valence-corrected chi connectivity index (χ4v) is 13.6. The molecule has 0 aliphatic rings. The van der Waals surface area contributed by atoms with E-state index in [0.29, 0.717) is 11.8 Å². The first kappa shape index (κ1) is 62.8. The summed E-state index contributed by atoms with van der Waals surface area (Å²) < 4.78 is 1.62. The second-order valence-corrected chi connectivity index (χ2v) is 36.6. The van der Waals surface area contributed by atoms with Crippen molar-refractivity contribution in [2.75, 3.05) is 0 Å². The van der Waals surface area contributed by atoms with Gasteiger partial charge in [0.05, 0.1) is 37.3 Å². The van der Waals surface area contributed by atoms with Crippen molar-refractivity contribution in [1.82, 2.24) is 9.97 Å². The summed E-state index contributed by atoms with van der Waals surface area (Å²) in [5.41, 5.74) is 14.3. The van der Waals surface area contributed by atoms with E-state index < -0.39 is 33.5 Å². The number of benzene rings is 4. The molecule has 0 bridgehead atoms. The maximum Gasteiger partial charge on any atom is 0.0779 e. The average molecular weight is 1350 g/mol. The quantitative estimate of drug-likeness (QED) is 0.0619. The minimum Gasteiger partial charge on any atom is -0.296 e. The average Bonchev–Trinajstić information content (AvgIpc) is 3.15. The van der Waals surface area contributed by atoms with Gasteiger partial charge in [0.1, 0.15) is 0 Å². The third-order valence-electron chi connectivity index (χ3n) is 10.6. The number of aliphatic hydroxyl groups excluding tert-OH is 4. The van der Waals surface area contributed by atoms with Gasteiger partial charge < -0.3 is 20.4 Å². The van der Waals surface area contributed by atoms with Crippen LogP contribution in [0.4, 0.5) is 0 Å². The summed E-state index contributed by atoms with van der Waals surface area (Å²) >= 11 is -1.92. The second kappa shape index (κ2) is 28.0. The topological polar surface area (TPSA) is 107 Å². The number of allylic oxidation sites excluding steroid dienone is 2. The summed E-state index contributed by atoms with van der Waals surface area (Å²) in [5, 5.41) is 38.1. The van der Waals surface area contributed by atoms with E-state index in [2.05, 4.69) is 177 Å². The smallest absolute Gasteiger partial charge is 0.0779 e. The van der Waals surface area contributed by atoms with Crippen molar-refractivity contribution in [2.24, 2.45) is 11.8 Å². The van der Waals surface area contributed by atoms with Crippen LogP contribution in [0.1, 0.15) is 88.8 Å². The molecule has 6 nitrogen and oxygen atoms in total. The summed E-state index contributed by atoms with van der Waals surface area (Å²) in [6.07, 6.45) is 3.90. The summed E-state index contributed by atoms with van der Waals surface area (Å²) in [7, 11) is -1.39. The number of aliphatic hydroxyl groups is 4. The van der Waals surface area contributed by atoms with Gasteiger partial charge in [0.25, 0.3) is 0 Å². The van der Waals surface area contributed by atoms with Crippen LogP contribution in [-0.4, -0.2) is 63.9 Å². The Labute approximate surface area is 441 Å². The second-order valence-electron chi connectivity index (χ2n) is 21.0. The Morgan fingerprint density at radius 2 is 0.971 bits per heavy atom. The first-order valence-electron chi connectivity index (χ1n) is 23.5. The Balaban J connectivity index is 0.000000520. The zero-order valence-corrected chi connectivity index (χ0v) is 52.0. The van der Waals surface area contributed by atoms with Gasteiger partial charge in [-0.3, -0.25) is 4.98 Å². The summed E-state index contributed by atoms with van der Waals surface area (Å²) in [6, 6.07) is 33.7. The van der Waals surface area contributed by atoms with Crippen LogP contribution in [0.3, 0.4) is 0 Å². The molecule has 2 aromatic heterocycles. The number of hydrogen-bond acceptors (Lipinski definition) is 6. The van der Waals surface area contributed by atoms with Crippen LogP contribution >= 0.6 is 0 Å². The predicted molar refractivity (Wildman–Crippen MR) is 290 cm³/mol. The molecule has 4 aromatic carbocycles. The van der Waals surface area contributed by atoms with Crippen LogP contribution in [0.25, 0.3) is 44.3 Å². The number of fused-ring (bicyclic) bond motifs is 2. The zero-order chi connectivity index (χ0) is 49.8. The Morgan fingerprint density at radius 1 is 0.588 bits per heavy atom. The number of aryl methyl sites for hydroxylation is 4. The molecule has 374 valence electrons. The van der Waals surface area contributed by atoms with Gasteiger partial charge in [-0.25, -0.2) is 0 Å². The first-order chi connectivity index (χ1) is 30.5. The largest absolute Gasteiger partial charge is 0.296 e. The summed E-state index contributed by atoms with van der Waals surface area (Å²) in [6.45, 7) is 31.2. The molecule has 2 atom stereocenters. The molecule has 4 N–H and O–H groups in total. The number of nitrogens with zero attached hydrogens (tertiary/aromatic N) is 2. The van der Waals surface area contributed by atoms with E-state index in [1.54, 1.807) is 23.4 Å². The van der Waals surface area contributed by atoms with Crippen molar-refractivity contribution in [3.8, 4) is 22.5 Å². The molecule has 2 heterocycles. The molecule has 6 aromatic rings. The predicted octanol–water partition coefficient (Wildman–Crippen LogP) is 13.8. The number of pyridine rings is 2. The molecule has 0 amide bonds. The van der Waals surface area contributed by atoms with Crippen molar-refractivity contribution in [2.45, 2.75) is 145 Å². The van der Waals surface area contributed by atoms with Gasteiger partial charge in [-0.15, -0.1) is 34.9 Å². The van der Waals surface area contributed by atoms with Crippen LogP contribution in [0.2, 0.25) is 36.9 Å². The monoisotopic (exact) mass is 1360 g/mol. The number of rotatable bonds is 10. The Kier molecular flexibility index (Phi) is 25.8. The van der Waals surface area contributed by atoms with E-state index in [0.717, 1.165) is 52.0 Å². The molecule has 0 fully saturated rings. The SMILES string of the molecule is CC(O)=CC(C)O.CC(O)=CC(C)O.Cc1[c-]c(-c2ccc3c(CC(C)C)[c]([Ge]([CH3])([CH3])[CH3])ccc3n2)cc(C)c1.Cc1[c-]c(-c2ccc3c(CC(C)C)c([Si](C)(C)C)ccc3n2)cc(C)c1.[Ir].[Ir]. The van der Waals surface area contributed by atoms with Gasteiger partial charge in [-0.05, 0) is 69.5 Å². The maximum absolute atomic E-state index is 8.49. The van der Waals surface area contributed by atoms with Crippen molar-refractivity contribution < 1.29 is 60.6 Å². The van der Waals surface area contributed by atoms with Crippen LogP contribution in [0, 0.1) is 51.7 Å². The Bertz CT molecular complexity index is 2400. The van der Waals surface area contributed by atoms with E-state index in [1.807, 2.05) is 0 Å². The maximum atomic E-state index is 8.49. The van der Waals surface area contributed by atoms with Gasteiger partial charge in [0.15, 0.2) is 0 Å². The number of aromatic nitrogens is 2. The third-order valence-corrected chi connectivity index (χ3v) is 17.1. The molecule has 0 saturated heterocycles. The minimum atomic E-state index is -1.92. The summed E-state index contributed by atoms with van der Waals surface area (Å²) in [5.74, 6) is 9.07. The molecule has 10 heteroatoms. The molecule has 0 saturated carbocycles. The fraction of sp³-hybridized carbons (Fsp3) is 0.414. The molecule has 6 rings (SSSR count). The van der Waals surface area contributed by atoms with Gasteiger partial charge in [-0.1, -0.05) is 70.7 Å². The Morgan fingerprint density at radius 3 is 1.29 bits per heavy atom. The van der Waals surface area contributed by atoms with Gasteiger partial charge in [-0.2, -0.15) is 0 Å². The van der Waals surface area contributed by atoms with Crippen LogP contribution < -0.4 is 9.58 Å². The van der Waals surface area contributed by atoms with E-state index in [9.17, 15) is 0 Å². The van der Waals surface area contributed by atoms with Crippen LogP contribution in [0.15, 0.2) is 96.5 Å². The third kappa shape index (κ3) is 20.2. The Hall–Kier alpha value is -3.24. The van der Waals surface area contributed by atoms with E-state index in [-0.39, 0.29) is 51.7 Å². The van der Waals surface area contributed by atoms with Crippen molar-refractivity contribution in [3.05, 3.63) is 142 Å². The van der Waals surface area contributed by atoms with Crippen molar-refractivity contribution >= 4 is 52.7 Å². The summed E-state index contributed by atoms with van der Waals surface area (Å²) in [4.78, 5) is 10.0. The fourth-order valence-electron chi connectivity index (χ4n) is 8.26. The van der Waals surface area contributed by atoms with Crippen molar-refractivity contribution in [1.29, 1.82) is 0 Å². The molecule has 0 aliphatic heterocycles. The molecule has 2 unspecified atom stereocenters. The molecule has 2 radical (unpaired) electrons. The van der Waals surface area contributed by atoms with Gasteiger partial charge >= 0.3 is 161 Å². The molecule has 0 aliphatic carbocycles. The van der Waals surface area contributed by atoms with Crippen LogP contribution in [-0.2, 0) is 53.1 Å². The molecular weight excluding hydrogens is 1270 g/mol. The molecule has 68 heavy (non-hydrogen) atoms. The molecular formula is C58H80GeIr2N2O4Si-2. The minimum absolute atomic E-state index is 0. The van der Waals surface area contributed by atoms with Gasteiger partial charge in [0.2, 0.25) is 0 Å². The standard InChI is InChI=1S/C24H30GeN.C24H30NSi.2C5H10O2.2Ir/c1-16(2)12-21-20-8-10-23(19-14-17(3)13-18(4)15-19)26-24(20)11-9-22(21)25(5,6)7;1-16(2)12-21-20-8-9-22(19-14-17(3)13-18(4)15-19)25-23(20)10-11-24(21)26(5,6)7;2*1-4(6)3-5(2)7;;/h2*8-11,13-14,16H,12H2,1-7H3;2*3-4,6-7H,1-2H3;;/q2*-1;;;;. The zero-order valence-electron chi connectivity index (χ0n) is 44.2. The van der Waals surface area contributed by atoms with Crippen molar-refractivity contribution in [3.63, 3.8) is 0 Å².